The quantitative estimate of drug-likeness (QED) is 0.0120. The summed E-state index contributed by atoms with van der Waals surface area (Å²) < 4.78 is 43.9. The molecule has 4 rings (SSSR count). The van der Waals surface area contributed by atoms with Crippen molar-refractivity contribution in [3.05, 3.63) is 116 Å². The molecule has 1 atom stereocenters. The van der Waals surface area contributed by atoms with Crippen LogP contribution in [0.4, 0.5) is 5.13 Å². The number of ether oxygens (including phenoxy) is 8. The fraction of sp³-hybridized carbons (Fsp3) is 0.244. The summed E-state index contributed by atoms with van der Waals surface area (Å²) in [5, 5.41) is 4.82. The molecule has 58 heavy (non-hydrogen) atoms. The number of fused-ring (bicyclic) bond motifs is 1. The maximum Gasteiger partial charge on any atom is 0.343 e. The summed E-state index contributed by atoms with van der Waals surface area (Å²) in [5.41, 5.74) is 4.24. The van der Waals surface area contributed by atoms with Crippen molar-refractivity contribution >= 4 is 62.7 Å². The predicted molar refractivity (Wildman–Crippen MR) is 213 cm³/mol. The molecule has 16 nitrogen and oxygen atoms in total. The number of unbranched alkanes of at least 4 members (excludes halogenated alkanes) is 1. The average molecular weight is 816 g/mol. The first-order chi connectivity index (χ1) is 28.2. The highest BCUT2D eigenvalue weighted by molar-refractivity contribution is 7.22. The number of carbonyl (C=O) groups is 5. The van der Waals surface area contributed by atoms with Crippen LogP contribution in [0, 0.1) is 0 Å². The lowest BCUT2D eigenvalue weighted by Gasteiger charge is -2.19. The van der Waals surface area contributed by atoms with Crippen LogP contribution in [0.3, 0.4) is 0 Å². The highest BCUT2D eigenvalue weighted by Gasteiger charge is 2.18. The molecule has 3 aromatic carbocycles. The van der Waals surface area contributed by atoms with Gasteiger partial charge in [-0.3, -0.25) is 10.2 Å². The second-order valence-electron chi connectivity index (χ2n) is 11.6. The van der Waals surface area contributed by atoms with Gasteiger partial charge in [0.1, 0.15) is 30.5 Å². The molecule has 1 unspecified atom stereocenters. The number of hydrogen-bond acceptors (Lipinski definition) is 17. The number of nitrogens with one attached hydrogen (secondary N) is 1. The second-order valence-corrected chi connectivity index (χ2v) is 12.6. The Morgan fingerprint density at radius 3 is 2.21 bits per heavy atom. The lowest BCUT2D eigenvalue weighted by Crippen LogP contribution is -2.30. The number of esters is 5. The largest absolute Gasteiger partial charge is 0.490 e. The van der Waals surface area contributed by atoms with E-state index in [4.69, 9.17) is 37.9 Å². The van der Waals surface area contributed by atoms with Gasteiger partial charge in [-0.2, -0.15) is 5.10 Å². The number of anilines is 1. The second kappa shape index (κ2) is 23.9. The fourth-order valence-corrected chi connectivity index (χ4v) is 5.36. The van der Waals surface area contributed by atoms with E-state index in [1.54, 1.807) is 18.2 Å². The van der Waals surface area contributed by atoms with Crippen molar-refractivity contribution in [1.29, 1.82) is 0 Å². The Balaban J connectivity index is 1.37. The van der Waals surface area contributed by atoms with Crippen LogP contribution in [-0.2, 0) is 42.9 Å². The van der Waals surface area contributed by atoms with E-state index in [0.29, 0.717) is 41.6 Å². The molecule has 0 amide bonds. The minimum Gasteiger partial charge on any atom is -0.490 e. The zero-order chi connectivity index (χ0) is 41.5. The third-order valence-corrected chi connectivity index (χ3v) is 8.32. The Morgan fingerprint density at radius 1 is 0.776 bits per heavy atom. The summed E-state index contributed by atoms with van der Waals surface area (Å²) in [6, 6.07) is 18.3. The van der Waals surface area contributed by atoms with Crippen molar-refractivity contribution in [1.82, 2.24) is 4.98 Å². The van der Waals surface area contributed by atoms with Gasteiger partial charge < -0.3 is 37.9 Å². The molecule has 0 spiro atoms. The zero-order valence-corrected chi connectivity index (χ0v) is 32.1. The highest BCUT2D eigenvalue weighted by Crippen LogP contribution is 2.27. The van der Waals surface area contributed by atoms with E-state index in [2.05, 4.69) is 35.2 Å². The molecule has 1 heterocycles. The van der Waals surface area contributed by atoms with Gasteiger partial charge in [0.05, 0.1) is 41.6 Å². The smallest absolute Gasteiger partial charge is 0.343 e. The number of rotatable bonds is 25. The molecular formula is C41H41N3O13S. The molecule has 0 aliphatic heterocycles. The lowest BCUT2D eigenvalue weighted by atomic mass is 10.2. The molecule has 304 valence electrons. The van der Waals surface area contributed by atoms with E-state index in [9.17, 15) is 24.0 Å². The van der Waals surface area contributed by atoms with Gasteiger partial charge in [0.25, 0.3) is 0 Å². The molecule has 17 heteroatoms. The number of para-hydroxylation sites is 1. The highest BCUT2D eigenvalue weighted by atomic mass is 32.1. The van der Waals surface area contributed by atoms with Crippen molar-refractivity contribution in [3.8, 4) is 17.2 Å². The van der Waals surface area contributed by atoms with E-state index in [1.165, 1.54) is 41.8 Å². The summed E-state index contributed by atoms with van der Waals surface area (Å²) in [4.78, 5) is 64.1. The van der Waals surface area contributed by atoms with Crippen LogP contribution in [0.25, 0.3) is 10.2 Å². The Morgan fingerprint density at radius 2 is 1.47 bits per heavy atom. The van der Waals surface area contributed by atoms with Crippen LogP contribution in [0.1, 0.15) is 35.2 Å². The number of carbonyl (C=O) groups excluding carboxylic acids is 5. The molecule has 0 bridgehead atoms. The maximum atomic E-state index is 13.3. The molecule has 1 aromatic heterocycles. The molecule has 1 N–H and O–H groups in total. The van der Waals surface area contributed by atoms with Crippen LogP contribution >= 0.6 is 11.3 Å². The number of benzene rings is 3. The number of hydrogen-bond donors (Lipinski definition) is 1. The van der Waals surface area contributed by atoms with Crippen molar-refractivity contribution in [2.24, 2.45) is 5.10 Å². The molecule has 0 aliphatic carbocycles. The maximum absolute atomic E-state index is 13.3. The number of nitrogens with zero attached hydrogens (tertiary/aromatic N) is 2. The van der Waals surface area contributed by atoms with Crippen molar-refractivity contribution in [2.45, 2.75) is 25.4 Å². The average Bonchev–Trinajstić information content (AvgIpc) is 3.66. The van der Waals surface area contributed by atoms with Gasteiger partial charge in [-0.1, -0.05) is 43.2 Å². The van der Waals surface area contributed by atoms with Gasteiger partial charge in [0.15, 0.2) is 6.10 Å². The SMILES string of the molecule is C=CC(=O)OCCCCOCC(COc1ccc(C(=O)Oc2ccc(OCOC(=O)C=C)cc2/C=N/Nc2nc3ccccc3s2)cc1)OC(=O)CCOC(=O)C=C. The van der Waals surface area contributed by atoms with Crippen LogP contribution < -0.4 is 19.6 Å². The summed E-state index contributed by atoms with van der Waals surface area (Å²) in [6.07, 6.45) is 4.59. The Bertz CT molecular complexity index is 2050. The molecular weight excluding hydrogens is 775 g/mol. The van der Waals surface area contributed by atoms with Crippen molar-refractivity contribution in [2.75, 3.05) is 45.3 Å². The number of thiazole rings is 1. The lowest BCUT2D eigenvalue weighted by molar-refractivity contribution is -0.156. The van der Waals surface area contributed by atoms with Gasteiger partial charge in [-0.25, -0.2) is 24.2 Å². The van der Waals surface area contributed by atoms with E-state index < -0.39 is 36.0 Å². The zero-order valence-electron chi connectivity index (χ0n) is 31.3. The van der Waals surface area contributed by atoms with E-state index >= 15 is 0 Å². The summed E-state index contributed by atoms with van der Waals surface area (Å²) in [6.45, 7) is 9.81. The Labute approximate surface area is 337 Å². The summed E-state index contributed by atoms with van der Waals surface area (Å²) in [5.74, 6) is -2.36. The first-order valence-corrected chi connectivity index (χ1v) is 18.5. The third kappa shape index (κ3) is 15.4. The van der Waals surface area contributed by atoms with E-state index in [0.717, 1.165) is 28.4 Å². The Kier molecular flexibility index (Phi) is 18.1. The summed E-state index contributed by atoms with van der Waals surface area (Å²) >= 11 is 1.41. The number of hydrazone groups is 1. The van der Waals surface area contributed by atoms with Gasteiger partial charge in [0, 0.05) is 30.4 Å². The minimum atomic E-state index is -0.837. The summed E-state index contributed by atoms with van der Waals surface area (Å²) in [7, 11) is 0. The molecule has 0 fully saturated rings. The normalized spacial score (nSPS) is 11.2. The van der Waals surface area contributed by atoms with Crippen molar-refractivity contribution < 1.29 is 61.9 Å². The predicted octanol–water partition coefficient (Wildman–Crippen LogP) is 5.96. The standard InChI is InChI=1S/C41H41N3O13S/c1-4-36(45)51-21-10-9-20-50-25-32(56-39(48)19-22-52-37(46)5-2)26-53-30-15-13-28(14-16-30)40(49)57-34-18-17-31(54-27-55-38(47)6-3)23-29(34)24-42-44-41-43-33-11-7-8-12-35(33)58-41/h4-8,11-18,23-24,32H,1-3,9-10,19-22,25-27H2,(H,43,44)/b42-24+. The first kappa shape index (κ1) is 43.9. The van der Waals surface area contributed by atoms with Crippen LogP contribution in [0.5, 0.6) is 17.2 Å². The Hall–Kier alpha value is -6.85. The third-order valence-electron chi connectivity index (χ3n) is 7.37. The van der Waals surface area contributed by atoms with Crippen LogP contribution in [0.2, 0.25) is 0 Å². The topological polar surface area (TPSA) is 196 Å². The minimum absolute atomic E-state index is 0.0133. The monoisotopic (exact) mass is 815 g/mol. The van der Waals surface area contributed by atoms with E-state index in [1.807, 2.05) is 24.3 Å². The molecule has 4 aromatic rings. The van der Waals surface area contributed by atoms with Gasteiger partial charge in [0.2, 0.25) is 11.9 Å². The van der Waals surface area contributed by atoms with Crippen LogP contribution in [-0.4, -0.2) is 87.0 Å². The molecule has 0 aliphatic rings. The molecule has 0 saturated heterocycles. The first-order valence-electron chi connectivity index (χ1n) is 17.7. The van der Waals surface area contributed by atoms with Gasteiger partial charge in [-0.05, 0) is 67.4 Å². The fourth-order valence-electron chi connectivity index (χ4n) is 4.54. The van der Waals surface area contributed by atoms with Gasteiger partial charge >= 0.3 is 29.8 Å². The van der Waals surface area contributed by atoms with Crippen LogP contribution in [0.15, 0.2) is 110 Å². The van der Waals surface area contributed by atoms with Gasteiger partial charge in [-0.15, -0.1) is 0 Å². The van der Waals surface area contributed by atoms with E-state index in [-0.39, 0.29) is 51.0 Å². The number of aromatic nitrogens is 1. The molecule has 0 saturated carbocycles. The molecule has 0 radical (unpaired) electrons. The van der Waals surface area contributed by atoms with Crippen molar-refractivity contribution in [3.63, 3.8) is 0 Å².